The van der Waals surface area contributed by atoms with Crippen LogP contribution < -0.4 is 9.46 Å². The average Bonchev–Trinajstić information content (AvgIpc) is 3.31. The van der Waals surface area contributed by atoms with E-state index in [4.69, 9.17) is 14.3 Å². The van der Waals surface area contributed by atoms with Gasteiger partial charge in [0, 0.05) is 11.6 Å². The van der Waals surface area contributed by atoms with Crippen molar-refractivity contribution in [3.63, 3.8) is 0 Å². The second-order valence-electron chi connectivity index (χ2n) is 8.12. The van der Waals surface area contributed by atoms with Crippen molar-refractivity contribution in [1.82, 2.24) is 4.98 Å². The van der Waals surface area contributed by atoms with E-state index in [-0.39, 0.29) is 17.3 Å². The van der Waals surface area contributed by atoms with E-state index >= 15 is 0 Å². The van der Waals surface area contributed by atoms with Gasteiger partial charge in [-0.1, -0.05) is 25.1 Å². The predicted molar refractivity (Wildman–Crippen MR) is 124 cm³/mol. The number of benzene rings is 2. The number of aromatic nitrogens is 1. The second kappa shape index (κ2) is 9.30. The number of hydrogen-bond donors (Lipinski definition) is 2. The van der Waals surface area contributed by atoms with Crippen LogP contribution in [0.1, 0.15) is 42.1 Å². The lowest BCUT2D eigenvalue weighted by Gasteiger charge is -2.18. The van der Waals surface area contributed by atoms with Gasteiger partial charge in [0.25, 0.3) is 10.0 Å². The van der Waals surface area contributed by atoms with Crippen molar-refractivity contribution in [3.05, 3.63) is 65.7 Å². The lowest BCUT2D eigenvalue weighted by atomic mass is 9.87. The standard InChI is InChI=1S/C24H23FN2O6S/c1-14-3-5-15(6-4-14)16-7-9-17(10-8-16)23-26-22(13-33-23)34(30,31)27-20-12-19(25)18(24(28)29)11-21(20)32-2/h5,7-14,27H,3-4,6H2,1-2H3,(H,28,29). The highest BCUT2D eigenvalue weighted by molar-refractivity contribution is 7.92. The summed E-state index contributed by atoms with van der Waals surface area (Å²) in [5.74, 6) is -1.98. The first-order valence-electron chi connectivity index (χ1n) is 10.6. The minimum Gasteiger partial charge on any atom is -0.495 e. The molecule has 1 aromatic heterocycles. The number of carboxylic acids is 1. The molecule has 1 aliphatic rings. The smallest absolute Gasteiger partial charge is 0.338 e. The van der Waals surface area contributed by atoms with Crippen LogP contribution in [0, 0.1) is 11.7 Å². The summed E-state index contributed by atoms with van der Waals surface area (Å²) in [4.78, 5) is 15.2. The van der Waals surface area contributed by atoms with Gasteiger partial charge in [0.1, 0.15) is 17.8 Å². The molecule has 0 amide bonds. The highest BCUT2D eigenvalue weighted by Gasteiger charge is 2.24. The molecule has 178 valence electrons. The molecular weight excluding hydrogens is 463 g/mol. The molecule has 2 N–H and O–H groups in total. The summed E-state index contributed by atoms with van der Waals surface area (Å²) in [6, 6.07) is 9.16. The molecule has 3 aromatic rings. The van der Waals surface area contributed by atoms with Gasteiger partial charge < -0.3 is 14.3 Å². The minimum atomic E-state index is -4.27. The Morgan fingerprint density at radius 2 is 1.94 bits per heavy atom. The van der Waals surface area contributed by atoms with Gasteiger partial charge in [-0.05, 0) is 54.5 Å². The van der Waals surface area contributed by atoms with Gasteiger partial charge in [-0.15, -0.1) is 0 Å². The monoisotopic (exact) mass is 486 g/mol. The Balaban J connectivity index is 1.56. The third kappa shape index (κ3) is 4.81. The molecule has 0 saturated carbocycles. The maximum Gasteiger partial charge on any atom is 0.338 e. The molecule has 34 heavy (non-hydrogen) atoms. The van der Waals surface area contributed by atoms with Gasteiger partial charge in [0.2, 0.25) is 10.9 Å². The van der Waals surface area contributed by atoms with E-state index in [0.717, 1.165) is 43.2 Å². The quantitative estimate of drug-likeness (QED) is 0.472. The molecule has 0 fully saturated rings. The molecular formula is C24H23FN2O6S. The number of halogens is 1. The molecule has 0 spiro atoms. The van der Waals surface area contributed by atoms with Crippen molar-refractivity contribution < 1.29 is 31.9 Å². The van der Waals surface area contributed by atoms with Crippen molar-refractivity contribution in [2.45, 2.75) is 31.2 Å². The molecule has 1 heterocycles. The fourth-order valence-electron chi connectivity index (χ4n) is 3.73. The molecule has 1 aliphatic carbocycles. The third-order valence-electron chi connectivity index (χ3n) is 5.70. The molecule has 4 rings (SSSR count). The first-order valence-corrected chi connectivity index (χ1v) is 12.0. The zero-order chi connectivity index (χ0) is 24.5. The number of ether oxygens (including phenoxy) is 1. The summed E-state index contributed by atoms with van der Waals surface area (Å²) in [6.07, 6.45) is 6.45. The van der Waals surface area contributed by atoms with Gasteiger partial charge in [0.05, 0.1) is 18.4 Å². The average molecular weight is 487 g/mol. The molecule has 10 heteroatoms. The summed E-state index contributed by atoms with van der Waals surface area (Å²) in [5, 5.41) is 8.62. The van der Waals surface area contributed by atoms with Crippen LogP contribution in [0.2, 0.25) is 0 Å². The number of methoxy groups -OCH3 is 1. The predicted octanol–water partition coefficient (Wildman–Crippen LogP) is 5.19. The summed E-state index contributed by atoms with van der Waals surface area (Å²) >= 11 is 0. The maximum atomic E-state index is 14.1. The first-order chi connectivity index (χ1) is 16.2. The largest absolute Gasteiger partial charge is 0.495 e. The van der Waals surface area contributed by atoms with E-state index in [1.54, 1.807) is 0 Å². The highest BCUT2D eigenvalue weighted by Crippen LogP contribution is 2.32. The van der Waals surface area contributed by atoms with Crippen molar-refractivity contribution in [2.75, 3.05) is 11.8 Å². The summed E-state index contributed by atoms with van der Waals surface area (Å²) in [6.45, 7) is 2.23. The first kappa shape index (κ1) is 23.5. The Morgan fingerprint density at radius 3 is 2.56 bits per heavy atom. The zero-order valence-electron chi connectivity index (χ0n) is 18.5. The SMILES string of the molecule is COc1cc(C(=O)O)c(F)cc1NS(=O)(=O)c1coc(-c2ccc(C3=CCC(C)CC3)cc2)n1. The van der Waals surface area contributed by atoms with Crippen LogP contribution in [-0.2, 0) is 10.0 Å². The van der Waals surface area contributed by atoms with Crippen molar-refractivity contribution in [3.8, 4) is 17.2 Å². The third-order valence-corrected chi connectivity index (χ3v) is 6.92. The van der Waals surface area contributed by atoms with Gasteiger partial charge in [0.15, 0.2) is 0 Å². The lowest BCUT2D eigenvalue weighted by Crippen LogP contribution is -2.15. The van der Waals surface area contributed by atoms with E-state index in [0.29, 0.717) is 11.5 Å². The van der Waals surface area contributed by atoms with E-state index in [2.05, 4.69) is 22.7 Å². The fraction of sp³-hybridized carbons (Fsp3) is 0.250. The number of hydrogen-bond acceptors (Lipinski definition) is 6. The fourth-order valence-corrected chi connectivity index (χ4v) is 4.66. The van der Waals surface area contributed by atoms with Crippen molar-refractivity contribution in [2.24, 2.45) is 5.92 Å². The Morgan fingerprint density at radius 1 is 1.24 bits per heavy atom. The summed E-state index contributed by atoms with van der Waals surface area (Å²) in [7, 11) is -3.06. The Labute approximate surface area is 196 Å². The van der Waals surface area contributed by atoms with Gasteiger partial charge in [-0.3, -0.25) is 4.72 Å². The number of allylic oxidation sites excluding steroid dienone is 2. The van der Waals surface area contributed by atoms with Crippen LogP contribution in [0.4, 0.5) is 10.1 Å². The van der Waals surface area contributed by atoms with E-state index in [1.807, 2.05) is 24.3 Å². The van der Waals surface area contributed by atoms with E-state index in [1.165, 1.54) is 12.7 Å². The molecule has 1 atom stereocenters. The molecule has 0 radical (unpaired) electrons. The van der Waals surface area contributed by atoms with Crippen LogP contribution in [0.3, 0.4) is 0 Å². The number of anilines is 1. The number of aromatic carboxylic acids is 1. The second-order valence-corrected chi connectivity index (χ2v) is 9.75. The van der Waals surface area contributed by atoms with Gasteiger partial charge in [-0.25, -0.2) is 9.18 Å². The number of nitrogens with one attached hydrogen (secondary N) is 1. The summed E-state index contributed by atoms with van der Waals surface area (Å²) in [5.41, 5.74) is 2.08. The molecule has 0 aliphatic heterocycles. The van der Waals surface area contributed by atoms with Gasteiger partial charge in [-0.2, -0.15) is 13.4 Å². The van der Waals surface area contributed by atoms with Crippen molar-refractivity contribution >= 4 is 27.3 Å². The zero-order valence-corrected chi connectivity index (χ0v) is 19.4. The summed E-state index contributed by atoms with van der Waals surface area (Å²) < 4.78 is 52.2. The molecule has 2 aromatic carbocycles. The number of oxazole rings is 1. The van der Waals surface area contributed by atoms with Crippen LogP contribution in [0.15, 0.2) is 58.2 Å². The normalized spacial score (nSPS) is 16.1. The number of nitrogens with zero attached hydrogens (tertiary/aromatic N) is 1. The van der Waals surface area contributed by atoms with Crippen LogP contribution in [-0.4, -0.2) is 31.6 Å². The Bertz CT molecular complexity index is 1360. The number of sulfonamides is 1. The Hall–Kier alpha value is -3.66. The van der Waals surface area contributed by atoms with Crippen LogP contribution >= 0.6 is 0 Å². The van der Waals surface area contributed by atoms with Crippen molar-refractivity contribution in [1.29, 1.82) is 0 Å². The van der Waals surface area contributed by atoms with E-state index < -0.39 is 32.4 Å². The number of rotatable bonds is 7. The van der Waals surface area contributed by atoms with Crippen LogP contribution in [0.5, 0.6) is 5.75 Å². The molecule has 0 saturated heterocycles. The minimum absolute atomic E-state index is 0.109. The molecule has 8 nitrogen and oxygen atoms in total. The number of carbonyl (C=O) groups is 1. The maximum absolute atomic E-state index is 14.1. The van der Waals surface area contributed by atoms with Crippen LogP contribution in [0.25, 0.3) is 17.0 Å². The highest BCUT2D eigenvalue weighted by atomic mass is 32.2. The Kier molecular flexibility index (Phi) is 6.43. The number of carboxylic acid groups (broad SMARTS) is 1. The molecule has 1 unspecified atom stereocenters. The topological polar surface area (TPSA) is 119 Å². The lowest BCUT2D eigenvalue weighted by molar-refractivity contribution is 0.0691. The molecule has 0 bridgehead atoms. The van der Waals surface area contributed by atoms with E-state index in [9.17, 15) is 17.6 Å². The van der Waals surface area contributed by atoms with Gasteiger partial charge >= 0.3 is 5.97 Å².